The van der Waals surface area contributed by atoms with E-state index in [4.69, 9.17) is 0 Å². The summed E-state index contributed by atoms with van der Waals surface area (Å²) in [6, 6.07) is 9.35. The van der Waals surface area contributed by atoms with Crippen LogP contribution in [0.15, 0.2) is 24.3 Å². The molecule has 0 atom stereocenters. The summed E-state index contributed by atoms with van der Waals surface area (Å²) in [4.78, 5) is 0. The number of benzene rings is 1. The van der Waals surface area contributed by atoms with E-state index in [0.717, 1.165) is 11.8 Å². The Labute approximate surface area is 115 Å². The van der Waals surface area contributed by atoms with Crippen molar-refractivity contribution in [2.45, 2.75) is 79.1 Å². The van der Waals surface area contributed by atoms with Crippen molar-refractivity contribution in [3.63, 3.8) is 0 Å². The van der Waals surface area contributed by atoms with Gasteiger partial charge in [0.15, 0.2) is 0 Å². The standard InChI is InChI=1S/C16H26.C2H6/c1-5-13(6-2)15-9-11-16(12-10-15)14(7-3)8-4;1-2/h9-14H,5-8H2,1-4H3;1-2H3. The van der Waals surface area contributed by atoms with Crippen molar-refractivity contribution in [3.8, 4) is 0 Å². The largest absolute Gasteiger partial charge is 0.0683 e. The van der Waals surface area contributed by atoms with E-state index in [9.17, 15) is 0 Å². The van der Waals surface area contributed by atoms with Gasteiger partial charge in [0.05, 0.1) is 0 Å². The molecule has 0 aliphatic heterocycles. The Kier molecular flexibility index (Phi) is 9.73. The van der Waals surface area contributed by atoms with Crippen molar-refractivity contribution in [1.29, 1.82) is 0 Å². The summed E-state index contributed by atoms with van der Waals surface area (Å²) >= 11 is 0. The number of hydrogen-bond donors (Lipinski definition) is 0. The molecule has 0 amide bonds. The minimum atomic E-state index is 0.746. The van der Waals surface area contributed by atoms with E-state index in [1.54, 1.807) is 0 Å². The van der Waals surface area contributed by atoms with Crippen LogP contribution in [0.3, 0.4) is 0 Å². The quantitative estimate of drug-likeness (QED) is 0.537. The van der Waals surface area contributed by atoms with Gasteiger partial charge in [-0.05, 0) is 48.6 Å². The molecule has 1 aromatic rings. The summed E-state index contributed by atoms with van der Waals surface area (Å²) in [5.74, 6) is 1.49. The van der Waals surface area contributed by atoms with Gasteiger partial charge in [-0.1, -0.05) is 65.8 Å². The van der Waals surface area contributed by atoms with Crippen LogP contribution in [-0.4, -0.2) is 0 Å². The van der Waals surface area contributed by atoms with E-state index in [0.29, 0.717) is 0 Å². The molecule has 0 bridgehead atoms. The van der Waals surface area contributed by atoms with E-state index in [1.807, 2.05) is 13.8 Å². The van der Waals surface area contributed by atoms with Gasteiger partial charge in [0.1, 0.15) is 0 Å². The van der Waals surface area contributed by atoms with Crippen LogP contribution in [0.25, 0.3) is 0 Å². The Balaban J connectivity index is 0.00000137. The molecule has 0 aliphatic carbocycles. The van der Waals surface area contributed by atoms with Gasteiger partial charge in [-0.25, -0.2) is 0 Å². The molecular weight excluding hydrogens is 216 g/mol. The highest BCUT2D eigenvalue weighted by atomic mass is 14.1. The zero-order chi connectivity index (χ0) is 14.0. The number of rotatable bonds is 6. The topological polar surface area (TPSA) is 0 Å². The highest BCUT2D eigenvalue weighted by Gasteiger charge is 2.09. The van der Waals surface area contributed by atoms with Crippen molar-refractivity contribution in [2.75, 3.05) is 0 Å². The Morgan fingerprint density at radius 1 is 0.611 bits per heavy atom. The summed E-state index contributed by atoms with van der Waals surface area (Å²) in [7, 11) is 0. The summed E-state index contributed by atoms with van der Waals surface area (Å²) in [6.07, 6.45) is 5.00. The SMILES string of the molecule is CC.CCC(CC)c1ccc(C(CC)CC)cc1. The molecule has 0 spiro atoms. The van der Waals surface area contributed by atoms with Gasteiger partial charge < -0.3 is 0 Å². The summed E-state index contributed by atoms with van der Waals surface area (Å²) < 4.78 is 0. The maximum Gasteiger partial charge on any atom is -0.0167 e. The predicted octanol–water partition coefficient (Wildman–Crippen LogP) is 6.52. The Bertz CT molecular complexity index is 244. The second kappa shape index (κ2) is 10.2. The Morgan fingerprint density at radius 3 is 1.00 bits per heavy atom. The minimum Gasteiger partial charge on any atom is -0.0683 e. The number of hydrogen-bond acceptors (Lipinski definition) is 0. The lowest BCUT2D eigenvalue weighted by molar-refractivity contribution is 0.631. The second-order valence-corrected chi connectivity index (χ2v) is 4.69. The Hall–Kier alpha value is -0.780. The molecular formula is C18H32. The van der Waals surface area contributed by atoms with Crippen molar-refractivity contribution in [2.24, 2.45) is 0 Å². The average Bonchev–Trinajstić information content (AvgIpc) is 2.45. The normalized spacial score (nSPS) is 10.4. The van der Waals surface area contributed by atoms with E-state index < -0.39 is 0 Å². The van der Waals surface area contributed by atoms with Gasteiger partial charge in [-0.15, -0.1) is 0 Å². The maximum atomic E-state index is 2.34. The second-order valence-electron chi connectivity index (χ2n) is 4.69. The molecule has 0 saturated carbocycles. The van der Waals surface area contributed by atoms with Gasteiger partial charge in [0.2, 0.25) is 0 Å². The molecule has 0 unspecified atom stereocenters. The summed E-state index contributed by atoms with van der Waals surface area (Å²) in [5, 5.41) is 0. The van der Waals surface area contributed by atoms with Crippen LogP contribution in [0.2, 0.25) is 0 Å². The van der Waals surface area contributed by atoms with E-state index in [-0.39, 0.29) is 0 Å². The van der Waals surface area contributed by atoms with E-state index in [1.165, 1.54) is 36.8 Å². The summed E-state index contributed by atoms with van der Waals surface area (Å²) in [6.45, 7) is 13.1. The molecule has 0 nitrogen and oxygen atoms in total. The first-order valence-corrected chi connectivity index (χ1v) is 7.86. The fourth-order valence-corrected chi connectivity index (χ4v) is 2.56. The predicted molar refractivity (Wildman–Crippen MR) is 84.4 cm³/mol. The third-order valence-corrected chi connectivity index (χ3v) is 3.85. The first-order valence-electron chi connectivity index (χ1n) is 7.86. The highest BCUT2D eigenvalue weighted by molar-refractivity contribution is 5.27. The van der Waals surface area contributed by atoms with Gasteiger partial charge in [0, 0.05) is 0 Å². The third-order valence-electron chi connectivity index (χ3n) is 3.85. The van der Waals surface area contributed by atoms with Crippen LogP contribution < -0.4 is 0 Å². The fourth-order valence-electron chi connectivity index (χ4n) is 2.56. The smallest absolute Gasteiger partial charge is 0.0167 e. The van der Waals surface area contributed by atoms with Crippen molar-refractivity contribution < 1.29 is 0 Å². The zero-order valence-electron chi connectivity index (χ0n) is 13.3. The highest BCUT2D eigenvalue weighted by Crippen LogP contribution is 2.27. The van der Waals surface area contributed by atoms with Crippen molar-refractivity contribution in [1.82, 2.24) is 0 Å². The molecule has 0 heterocycles. The molecule has 104 valence electrons. The maximum absolute atomic E-state index is 2.34. The zero-order valence-corrected chi connectivity index (χ0v) is 13.3. The van der Waals surface area contributed by atoms with Gasteiger partial charge in [-0.3, -0.25) is 0 Å². The lowest BCUT2D eigenvalue weighted by Crippen LogP contribution is -1.98. The molecule has 0 fully saturated rings. The first kappa shape index (κ1) is 17.2. The van der Waals surface area contributed by atoms with Crippen LogP contribution >= 0.6 is 0 Å². The van der Waals surface area contributed by atoms with Crippen LogP contribution in [-0.2, 0) is 0 Å². The molecule has 0 N–H and O–H groups in total. The lowest BCUT2D eigenvalue weighted by atomic mass is 9.89. The molecule has 0 radical (unpaired) electrons. The van der Waals surface area contributed by atoms with Crippen LogP contribution in [0.1, 0.15) is 90.2 Å². The molecule has 0 heteroatoms. The van der Waals surface area contributed by atoms with Gasteiger partial charge in [0.25, 0.3) is 0 Å². The van der Waals surface area contributed by atoms with Crippen LogP contribution in [0, 0.1) is 0 Å². The van der Waals surface area contributed by atoms with E-state index in [2.05, 4.69) is 52.0 Å². The molecule has 1 rings (SSSR count). The summed E-state index contributed by atoms with van der Waals surface area (Å²) in [5.41, 5.74) is 3.03. The first-order chi connectivity index (χ1) is 8.76. The molecule has 1 aromatic carbocycles. The van der Waals surface area contributed by atoms with Crippen LogP contribution in [0.5, 0.6) is 0 Å². The van der Waals surface area contributed by atoms with Gasteiger partial charge >= 0.3 is 0 Å². The lowest BCUT2D eigenvalue weighted by Gasteiger charge is -2.16. The third kappa shape index (κ3) is 4.84. The van der Waals surface area contributed by atoms with Crippen LogP contribution in [0.4, 0.5) is 0 Å². The monoisotopic (exact) mass is 248 g/mol. The molecule has 0 aromatic heterocycles. The molecule has 0 aliphatic rings. The van der Waals surface area contributed by atoms with Crippen molar-refractivity contribution >= 4 is 0 Å². The van der Waals surface area contributed by atoms with Gasteiger partial charge in [-0.2, -0.15) is 0 Å². The average molecular weight is 248 g/mol. The van der Waals surface area contributed by atoms with E-state index >= 15 is 0 Å². The molecule has 18 heavy (non-hydrogen) atoms. The molecule has 0 saturated heterocycles. The fraction of sp³-hybridized carbons (Fsp3) is 0.667. The van der Waals surface area contributed by atoms with Crippen molar-refractivity contribution in [3.05, 3.63) is 35.4 Å². The minimum absolute atomic E-state index is 0.746. The Morgan fingerprint density at radius 2 is 0.833 bits per heavy atom.